The Morgan fingerprint density at radius 1 is 1.32 bits per heavy atom. The summed E-state index contributed by atoms with van der Waals surface area (Å²) in [5.74, 6) is 2.29. The van der Waals surface area contributed by atoms with Gasteiger partial charge >= 0.3 is 0 Å². The molecule has 134 valence electrons. The van der Waals surface area contributed by atoms with Crippen LogP contribution in [0.15, 0.2) is 41.8 Å². The van der Waals surface area contributed by atoms with E-state index < -0.39 is 0 Å². The Bertz CT molecular complexity index is 637. The lowest BCUT2D eigenvalue weighted by Gasteiger charge is -2.12. The Morgan fingerprint density at radius 3 is 2.92 bits per heavy atom. The molecule has 1 atom stereocenters. The number of ether oxygens (including phenoxy) is 2. The van der Waals surface area contributed by atoms with Crippen molar-refractivity contribution >= 4 is 29.0 Å². The zero-order chi connectivity index (χ0) is 17.3. The van der Waals surface area contributed by atoms with E-state index in [0.717, 1.165) is 36.5 Å². The van der Waals surface area contributed by atoms with E-state index in [1.54, 1.807) is 23.1 Å². The van der Waals surface area contributed by atoms with Gasteiger partial charge in [0.25, 0.3) is 0 Å². The fourth-order valence-corrected chi connectivity index (χ4v) is 4.26. The number of rotatable bonds is 9. The normalized spacial score (nSPS) is 16.7. The molecule has 1 aromatic carbocycles. The van der Waals surface area contributed by atoms with Crippen LogP contribution in [-0.4, -0.2) is 31.0 Å². The van der Waals surface area contributed by atoms with Gasteiger partial charge in [-0.25, -0.2) is 0 Å². The third kappa shape index (κ3) is 6.38. The van der Waals surface area contributed by atoms with E-state index in [0.29, 0.717) is 18.9 Å². The zero-order valence-corrected chi connectivity index (χ0v) is 15.7. The molecule has 0 aliphatic carbocycles. The number of benzene rings is 1. The topological polar surface area (TPSA) is 47.6 Å². The Morgan fingerprint density at radius 2 is 2.20 bits per heavy atom. The second-order valence-corrected chi connectivity index (χ2v) is 7.96. The Kier molecular flexibility index (Phi) is 7.21. The van der Waals surface area contributed by atoms with Gasteiger partial charge in [-0.15, -0.1) is 23.1 Å². The van der Waals surface area contributed by atoms with Gasteiger partial charge in [-0.1, -0.05) is 18.2 Å². The molecule has 2 aromatic rings. The van der Waals surface area contributed by atoms with Gasteiger partial charge in [0.2, 0.25) is 5.91 Å². The van der Waals surface area contributed by atoms with Gasteiger partial charge in [-0.3, -0.25) is 4.79 Å². The molecule has 25 heavy (non-hydrogen) atoms. The van der Waals surface area contributed by atoms with Gasteiger partial charge in [0, 0.05) is 23.8 Å². The molecule has 1 aliphatic rings. The molecule has 3 rings (SSSR count). The standard InChI is InChI=1S/C19H23NO3S2/c21-19(14-24-13-18-4-2-10-25-18)20-11-15-5-7-16(8-6-15)23-12-17-3-1-9-22-17/h2,4-8,10,17H,1,3,9,11-14H2,(H,20,21)/t17-/m0/s1. The molecule has 4 nitrogen and oxygen atoms in total. The SMILES string of the molecule is O=C(CSCc1cccs1)NCc1ccc(OC[C@@H]2CCCO2)cc1. The van der Waals surface area contributed by atoms with Crippen LogP contribution in [0.25, 0.3) is 0 Å². The first-order chi connectivity index (χ1) is 12.3. The van der Waals surface area contributed by atoms with Crippen molar-refractivity contribution in [3.8, 4) is 5.75 Å². The quantitative estimate of drug-likeness (QED) is 0.721. The highest BCUT2D eigenvalue weighted by Gasteiger charge is 2.15. The molecule has 0 saturated carbocycles. The number of amides is 1. The third-order valence-electron chi connectivity index (χ3n) is 3.93. The highest BCUT2D eigenvalue weighted by molar-refractivity contribution is 7.99. The molecule has 2 heterocycles. The number of hydrogen-bond acceptors (Lipinski definition) is 5. The van der Waals surface area contributed by atoms with Gasteiger partial charge in [0.05, 0.1) is 11.9 Å². The Labute approximate surface area is 156 Å². The highest BCUT2D eigenvalue weighted by atomic mass is 32.2. The van der Waals surface area contributed by atoms with Gasteiger partial charge in [0.15, 0.2) is 0 Å². The summed E-state index contributed by atoms with van der Waals surface area (Å²) in [7, 11) is 0. The number of nitrogens with one attached hydrogen (secondary N) is 1. The van der Waals surface area contributed by atoms with Crippen molar-refractivity contribution in [2.75, 3.05) is 19.0 Å². The average molecular weight is 378 g/mol. The van der Waals surface area contributed by atoms with E-state index in [1.807, 2.05) is 30.3 Å². The van der Waals surface area contributed by atoms with Crippen LogP contribution in [-0.2, 0) is 21.8 Å². The monoisotopic (exact) mass is 377 g/mol. The fraction of sp³-hybridized carbons (Fsp3) is 0.421. The summed E-state index contributed by atoms with van der Waals surface area (Å²) in [4.78, 5) is 13.2. The van der Waals surface area contributed by atoms with Crippen LogP contribution in [0, 0.1) is 0 Å². The summed E-state index contributed by atoms with van der Waals surface area (Å²) < 4.78 is 11.3. The molecule has 0 bridgehead atoms. The summed E-state index contributed by atoms with van der Waals surface area (Å²) in [6.45, 7) is 2.00. The summed E-state index contributed by atoms with van der Waals surface area (Å²) in [5, 5.41) is 5.02. The van der Waals surface area contributed by atoms with Crippen molar-refractivity contribution in [3.05, 3.63) is 52.2 Å². The lowest BCUT2D eigenvalue weighted by atomic mass is 10.2. The molecule has 1 aliphatic heterocycles. The maximum Gasteiger partial charge on any atom is 0.230 e. The second-order valence-electron chi connectivity index (χ2n) is 5.94. The van der Waals surface area contributed by atoms with Crippen LogP contribution in [0.2, 0.25) is 0 Å². The fourth-order valence-electron chi connectivity index (χ4n) is 2.56. The van der Waals surface area contributed by atoms with Crippen molar-refractivity contribution in [1.82, 2.24) is 5.32 Å². The maximum absolute atomic E-state index is 11.9. The smallest absolute Gasteiger partial charge is 0.230 e. The highest BCUT2D eigenvalue weighted by Crippen LogP contribution is 2.18. The predicted octanol–water partition coefficient (Wildman–Crippen LogP) is 3.86. The molecular formula is C19H23NO3S2. The molecule has 0 spiro atoms. The van der Waals surface area contributed by atoms with Gasteiger partial charge in [0.1, 0.15) is 12.4 Å². The largest absolute Gasteiger partial charge is 0.491 e. The first-order valence-electron chi connectivity index (χ1n) is 8.50. The first-order valence-corrected chi connectivity index (χ1v) is 10.5. The molecule has 1 N–H and O–H groups in total. The van der Waals surface area contributed by atoms with Crippen molar-refractivity contribution in [2.24, 2.45) is 0 Å². The van der Waals surface area contributed by atoms with Crippen LogP contribution in [0.4, 0.5) is 0 Å². The number of carbonyl (C=O) groups is 1. The number of carbonyl (C=O) groups excluding carboxylic acids is 1. The molecular weight excluding hydrogens is 354 g/mol. The second kappa shape index (κ2) is 9.85. The zero-order valence-electron chi connectivity index (χ0n) is 14.1. The summed E-state index contributed by atoms with van der Waals surface area (Å²) >= 11 is 3.37. The number of thioether (sulfide) groups is 1. The van der Waals surface area contributed by atoms with Crippen LogP contribution in [0.5, 0.6) is 5.75 Å². The first kappa shape index (κ1) is 18.3. The molecule has 1 amide bonds. The summed E-state index contributed by atoms with van der Waals surface area (Å²) in [6, 6.07) is 12.0. The van der Waals surface area contributed by atoms with Crippen LogP contribution in [0.3, 0.4) is 0 Å². The van der Waals surface area contributed by atoms with Gasteiger partial charge < -0.3 is 14.8 Å². The lowest BCUT2D eigenvalue weighted by molar-refractivity contribution is -0.118. The van der Waals surface area contributed by atoms with E-state index in [2.05, 4.69) is 16.8 Å². The minimum atomic E-state index is 0.0697. The number of thiophene rings is 1. The van der Waals surface area contributed by atoms with E-state index in [1.165, 1.54) is 4.88 Å². The predicted molar refractivity (Wildman–Crippen MR) is 103 cm³/mol. The molecule has 1 saturated heterocycles. The minimum absolute atomic E-state index is 0.0697. The van der Waals surface area contributed by atoms with Gasteiger partial charge in [-0.2, -0.15) is 0 Å². The molecule has 6 heteroatoms. The van der Waals surface area contributed by atoms with Gasteiger partial charge in [-0.05, 0) is 42.0 Å². The van der Waals surface area contributed by atoms with Crippen molar-refractivity contribution in [2.45, 2.75) is 31.2 Å². The minimum Gasteiger partial charge on any atom is -0.491 e. The lowest BCUT2D eigenvalue weighted by Crippen LogP contribution is -2.24. The molecule has 0 radical (unpaired) electrons. The van der Waals surface area contributed by atoms with E-state index in [4.69, 9.17) is 9.47 Å². The van der Waals surface area contributed by atoms with Crippen LogP contribution < -0.4 is 10.1 Å². The maximum atomic E-state index is 11.9. The van der Waals surface area contributed by atoms with Crippen molar-refractivity contribution in [3.63, 3.8) is 0 Å². The van der Waals surface area contributed by atoms with Crippen molar-refractivity contribution < 1.29 is 14.3 Å². The summed E-state index contributed by atoms with van der Waals surface area (Å²) in [5.41, 5.74) is 1.07. The third-order valence-corrected chi connectivity index (χ3v) is 5.97. The molecule has 1 fully saturated rings. The average Bonchev–Trinajstić information content (AvgIpc) is 3.33. The molecule has 0 unspecified atom stereocenters. The molecule has 1 aromatic heterocycles. The van der Waals surface area contributed by atoms with E-state index >= 15 is 0 Å². The summed E-state index contributed by atoms with van der Waals surface area (Å²) in [6.07, 6.45) is 2.43. The Balaban J connectivity index is 1.32. The van der Waals surface area contributed by atoms with E-state index in [9.17, 15) is 4.79 Å². The van der Waals surface area contributed by atoms with Crippen molar-refractivity contribution in [1.29, 1.82) is 0 Å². The van der Waals surface area contributed by atoms with Crippen LogP contribution >= 0.6 is 23.1 Å². The Hall–Kier alpha value is -1.50. The van der Waals surface area contributed by atoms with E-state index in [-0.39, 0.29) is 12.0 Å². The van der Waals surface area contributed by atoms with Crippen LogP contribution in [0.1, 0.15) is 23.3 Å². The number of hydrogen-bond donors (Lipinski definition) is 1.